The van der Waals surface area contributed by atoms with Gasteiger partial charge in [0.2, 0.25) is 5.91 Å². The first-order chi connectivity index (χ1) is 15.6. The van der Waals surface area contributed by atoms with Crippen molar-refractivity contribution in [1.29, 1.82) is 0 Å². The number of rotatable bonds is 9. The first-order valence-electron chi connectivity index (χ1n) is 10.5. The van der Waals surface area contributed by atoms with E-state index in [2.05, 4.69) is 20.4 Å². The molecule has 0 radical (unpaired) electrons. The molecule has 9 nitrogen and oxygen atoms in total. The molecule has 0 spiro atoms. The van der Waals surface area contributed by atoms with Crippen LogP contribution >= 0.6 is 11.8 Å². The number of aryl methyl sites for hydroxylation is 1. The summed E-state index contributed by atoms with van der Waals surface area (Å²) in [6.45, 7) is 5.37. The smallest absolute Gasteiger partial charge is 0.230 e. The molecule has 170 valence electrons. The molecular weight excluding hydrogens is 430 g/mol. The standard InChI is InChI=1S/C22H27N5O4S/c1-16-3-8-20(31-16)19(26-9-11-30-12-10-26)13-23-21(28)14-32-22-25-24-15-27(22)17-4-6-18(29-2)7-5-17/h3-8,15,19H,9-14H2,1-2H3,(H,23,28). The molecule has 10 heteroatoms. The molecule has 1 atom stereocenters. The predicted molar refractivity (Wildman–Crippen MR) is 120 cm³/mol. The van der Waals surface area contributed by atoms with Crippen molar-refractivity contribution in [3.63, 3.8) is 0 Å². The number of methoxy groups -OCH3 is 1. The second kappa shape index (κ2) is 10.7. The summed E-state index contributed by atoms with van der Waals surface area (Å²) in [5, 5.41) is 11.8. The van der Waals surface area contributed by atoms with Crippen LogP contribution in [0.4, 0.5) is 0 Å². The van der Waals surface area contributed by atoms with Crippen LogP contribution in [0.2, 0.25) is 0 Å². The minimum absolute atomic E-state index is 0.0236. The third kappa shape index (κ3) is 5.50. The van der Waals surface area contributed by atoms with Gasteiger partial charge in [0, 0.05) is 25.3 Å². The minimum Gasteiger partial charge on any atom is -0.497 e. The van der Waals surface area contributed by atoms with E-state index in [4.69, 9.17) is 13.9 Å². The van der Waals surface area contributed by atoms with Crippen LogP contribution in [0, 0.1) is 6.92 Å². The number of ether oxygens (including phenoxy) is 2. The number of amides is 1. The van der Waals surface area contributed by atoms with Crippen molar-refractivity contribution in [3.05, 3.63) is 54.2 Å². The second-order valence-corrected chi connectivity index (χ2v) is 8.33. The molecule has 1 N–H and O–H groups in total. The lowest BCUT2D eigenvalue weighted by atomic mass is 10.1. The van der Waals surface area contributed by atoms with Crippen molar-refractivity contribution in [1.82, 2.24) is 25.0 Å². The van der Waals surface area contributed by atoms with Gasteiger partial charge in [0.25, 0.3) is 0 Å². The van der Waals surface area contributed by atoms with Crippen LogP contribution in [-0.4, -0.2) is 71.3 Å². The van der Waals surface area contributed by atoms with Gasteiger partial charge in [-0.15, -0.1) is 10.2 Å². The molecule has 3 aromatic rings. The van der Waals surface area contributed by atoms with E-state index in [9.17, 15) is 4.79 Å². The number of benzene rings is 1. The van der Waals surface area contributed by atoms with Crippen molar-refractivity contribution in [2.75, 3.05) is 45.7 Å². The maximum absolute atomic E-state index is 12.6. The Labute approximate surface area is 191 Å². The average Bonchev–Trinajstić information content (AvgIpc) is 3.48. The van der Waals surface area contributed by atoms with Crippen LogP contribution in [-0.2, 0) is 9.53 Å². The summed E-state index contributed by atoms with van der Waals surface area (Å²) in [4.78, 5) is 14.9. The fraction of sp³-hybridized carbons (Fsp3) is 0.409. The summed E-state index contributed by atoms with van der Waals surface area (Å²) >= 11 is 1.34. The van der Waals surface area contributed by atoms with Crippen molar-refractivity contribution in [3.8, 4) is 11.4 Å². The maximum Gasteiger partial charge on any atom is 0.230 e. The van der Waals surface area contributed by atoms with E-state index in [0.29, 0.717) is 24.9 Å². The largest absolute Gasteiger partial charge is 0.497 e. The van der Waals surface area contributed by atoms with Gasteiger partial charge >= 0.3 is 0 Å². The molecule has 1 aliphatic heterocycles. The van der Waals surface area contributed by atoms with Crippen LogP contribution in [0.1, 0.15) is 17.6 Å². The third-order valence-electron chi connectivity index (χ3n) is 5.27. The predicted octanol–water partition coefficient (Wildman–Crippen LogP) is 2.46. The lowest BCUT2D eigenvalue weighted by Gasteiger charge is -2.33. The lowest BCUT2D eigenvalue weighted by molar-refractivity contribution is -0.118. The Hall–Kier alpha value is -2.82. The summed E-state index contributed by atoms with van der Waals surface area (Å²) in [7, 11) is 1.63. The van der Waals surface area contributed by atoms with Crippen molar-refractivity contribution < 1.29 is 18.7 Å². The van der Waals surface area contributed by atoms with Gasteiger partial charge in [0.15, 0.2) is 5.16 Å². The fourth-order valence-electron chi connectivity index (χ4n) is 3.57. The summed E-state index contributed by atoms with van der Waals surface area (Å²) < 4.78 is 18.4. The molecule has 0 saturated carbocycles. The van der Waals surface area contributed by atoms with E-state index in [1.54, 1.807) is 13.4 Å². The molecule has 1 saturated heterocycles. The highest BCUT2D eigenvalue weighted by molar-refractivity contribution is 7.99. The Morgan fingerprint density at radius 3 is 2.69 bits per heavy atom. The lowest BCUT2D eigenvalue weighted by Crippen LogP contribution is -2.44. The van der Waals surface area contributed by atoms with E-state index < -0.39 is 0 Å². The van der Waals surface area contributed by atoms with Gasteiger partial charge in [-0.25, -0.2) is 0 Å². The summed E-state index contributed by atoms with van der Waals surface area (Å²) in [6, 6.07) is 11.5. The Morgan fingerprint density at radius 2 is 2.00 bits per heavy atom. The van der Waals surface area contributed by atoms with Gasteiger partial charge in [-0.1, -0.05) is 11.8 Å². The van der Waals surface area contributed by atoms with Gasteiger partial charge in [-0.2, -0.15) is 0 Å². The van der Waals surface area contributed by atoms with E-state index >= 15 is 0 Å². The first kappa shape index (κ1) is 22.4. The normalized spacial score (nSPS) is 15.4. The van der Waals surface area contributed by atoms with Gasteiger partial charge in [0.1, 0.15) is 23.6 Å². The molecule has 4 rings (SSSR count). The number of carbonyl (C=O) groups excluding carboxylic acids is 1. The quantitative estimate of drug-likeness (QED) is 0.490. The molecular formula is C22H27N5O4S. The van der Waals surface area contributed by atoms with Gasteiger partial charge < -0.3 is 19.2 Å². The zero-order valence-corrected chi connectivity index (χ0v) is 19.0. The van der Waals surface area contributed by atoms with Crippen molar-refractivity contribution >= 4 is 17.7 Å². The summed E-state index contributed by atoms with van der Waals surface area (Å²) in [5.74, 6) is 2.66. The first-order valence-corrected chi connectivity index (χ1v) is 11.4. The van der Waals surface area contributed by atoms with Crippen molar-refractivity contribution in [2.45, 2.75) is 18.1 Å². The number of hydrogen-bond acceptors (Lipinski definition) is 8. The van der Waals surface area contributed by atoms with Crippen molar-refractivity contribution in [2.24, 2.45) is 0 Å². The summed E-state index contributed by atoms with van der Waals surface area (Å²) in [6.07, 6.45) is 1.63. The Bertz CT molecular complexity index is 1010. The maximum atomic E-state index is 12.6. The van der Waals surface area contributed by atoms with Crippen LogP contribution < -0.4 is 10.1 Å². The highest BCUT2D eigenvalue weighted by Gasteiger charge is 2.25. The van der Waals surface area contributed by atoms with Crippen LogP contribution in [0.15, 0.2) is 52.3 Å². The van der Waals surface area contributed by atoms with Crippen LogP contribution in [0.5, 0.6) is 5.75 Å². The van der Waals surface area contributed by atoms with Gasteiger partial charge in [-0.3, -0.25) is 14.3 Å². The van der Waals surface area contributed by atoms with E-state index in [0.717, 1.165) is 36.0 Å². The number of hydrogen-bond donors (Lipinski definition) is 1. The molecule has 2 aromatic heterocycles. The summed E-state index contributed by atoms with van der Waals surface area (Å²) in [5.41, 5.74) is 0.902. The molecule has 0 bridgehead atoms. The Balaban J connectivity index is 1.35. The number of nitrogens with one attached hydrogen (secondary N) is 1. The monoisotopic (exact) mass is 457 g/mol. The topological polar surface area (TPSA) is 94.6 Å². The second-order valence-electron chi connectivity index (χ2n) is 7.39. The number of morpholine rings is 1. The van der Waals surface area contributed by atoms with E-state index in [1.807, 2.05) is 47.9 Å². The number of thioether (sulfide) groups is 1. The fourth-order valence-corrected chi connectivity index (χ4v) is 4.32. The SMILES string of the molecule is COc1ccc(-n2cnnc2SCC(=O)NCC(c2ccc(C)o2)N2CCOCC2)cc1. The molecule has 1 aromatic carbocycles. The zero-order valence-electron chi connectivity index (χ0n) is 18.2. The molecule has 1 fully saturated rings. The number of aromatic nitrogens is 3. The number of nitrogens with zero attached hydrogens (tertiary/aromatic N) is 4. The Kier molecular flexibility index (Phi) is 7.46. The number of carbonyl (C=O) groups is 1. The van der Waals surface area contributed by atoms with Gasteiger partial charge in [0.05, 0.1) is 32.1 Å². The minimum atomic E-state index is -0.0687. The zero-order chi connectivity index (χ0) is 22.3. The molecule has 1 aliphatic rings. The Morgan fingerprint density at radius 1 is 1.22 bits per heavy atom. The van der Waals surface area contributed by atoms with Crippen LogP contribution in [0.3, 0.4) is 0 Å². The van der Waals surface area contributed by atoms with E-state index in [1.165, 1.54) is 11.8 Å². The number of furan rings is 1. The molecule has 1 amide bonds. The van der Waals surface area contributed by atoms with Crippen LogP contribution in [0.25, 0.3) is 5.69 Å². The molecule has 32 heavy (non-hydrogen) atoms. The average molecular weight is 458 g/mol. The molecule has 0 aliphatic carbocycles. The third-order valence-corrected chi connectivity index (χ3v) is 6.21. The highest BCUT2D eigenvalue weighted by atomic mass is 32.2. The molecule has 3 heterocycles. The molecule has 1 unspecified atom stereocenters. The van der Waals surface area contributed by atoms with E-state index in [-0.39, 0.29) is 17.7 Å². The van der Waals surface area contributed by atoms with Gasteiger partial charge in [-0.05, 0) is 43.3 Å². The highest BCUT2D eigenvalue weighted by Crippen LogP contribution is 2.24.